The van der Waals surface area contributed by atoms with Crippen LogP contribution in [0.5, 0.6) is 5.75 Å². The summed E-state index contributed by atoms with van der Waals surface area (Å²) in [6.07, 6.45) is 8.63. The van der Waals surface area contributed by atoms with Crippen LogP contribution in [0.3, 0.4) is 0 Å². The van der Waals surface area contributed by atoms with Crippen LogP contribution in [-0.4, -0.2) is 19.2 Å². The van der Waals surface area contributed by atoms with Gasteiger partial charge in [-0.1, -0.05) is 23.5 Å². The van der Waals surface area contributed by atoms with Gasteiger partial charge in [0.1, 0.15) is 16.6 Å². The molecule has 140 valence electrons. The van der Waals surface area contributed by atoms with Crippen LogP contribution in [0, 0.1) is 0 Å². The van der Waals surface area contributed by atoms with Crippen molar-refractivity contribution in [3.8, 4) is 5.75 Å². The van der Waals surface area contributed by atoms with Crippen molar-refractivity contribution in [2.75, 3.05) is 18.0 Å². The summed E-state index contributed by atoms with van der Waals surface area (Å²) in [5.41, 5.74) is 8.61. The highest BCUT2D eigenvalue weighted by atomic mass is 32.1. The van der Waals surface area contributed by atoms with Crippen LogP contribution in [-0.2, 0) is 19.4 Å². The molecule has 4 aliphatic heterocycles. The summed E-state index contributed by atoms with van der Waals surface area (Å²) in [6, 6.07) is 11.2. The summed E-state index contributed by atoms with van der Waals surface area (Å²) < 4.78 is 10.6. The number of aromatic nitrogens is 1. The van der Waals surface area contributed by atoms with E-state index in [2.05, 4.69) is 45.9 Å². The number of hydrogen-bond acceptors (Lipinski definition) is 3. The Bertz CT molecular complexity index is 1170. The molecule has 0 bridgehead atoms. The Labute approximate surface area is 168 Å². The van der Waals surface area contributed by atoms with E-state index in [-0.39, 0.29) is 6.10 Å². The van der Waals surface area contributed by atoms with Crippen molar-refractivity contribution in [3.63, 3.8) is 0 Å². The lowest BCUT2D eigenvalue weighted by Crippen LogP contribution is -2.45. The van der Waals surface area contributed by atoms with Gasteiger partial charge in [-0.2, -0.15) is 4.57 Å². The number of fused-ring (bicyclic) bond motifs is 7. The normalized spacial score (nSPS) is 21.9. The van der Waals surface area contributed by atoms with Crippen molar-refractivity contribution < 1.29 is 9.30 Å². The Kier molecular flexibility index (Phi) is 3.12. The van der Waals surface area contributed by atoms with E-state index in [0.717, 1.165) is 13.0 Å². The number of nitrogens with zero attached hydrogens (tertiary/aromatic N) is 2. The van der Waals surface area contributed by atoms with Gasteiger partial charge in [0.15, 0.2) is 6.54 Å². The zero-order chi connectivity index (χ0) is 18.2. The molecule has 0 spiro atoms. The van der Waals surface area contributed by atoms with Gasteiger partial charge in [0.05, 0.1) is 5.57 Å². The van der Waals surface area contributed by atoms with Crippen LogP contribution in [0.25, 0.3) is 21.9 Å². The minimum absolute atomic E-state index is 0.203. The molecule has 3 aromatic rings. The second-order valence-electron chi connectivity index (χ2n) is 8.50. The van der Waals surface area contributed by atoms with Crippen LogP contribution < -0.4 is 14.2 Å². The molecule has 0 radical (unpaired) electrons. The Morgan fingerprint density at radius 1 is 1.11 bits per heavy atom. The number of aryl methyl sites for hydroxylation is 2. The molecule has 0 fully saturated rings. The average Bonchev–Trinajstić information content (AvgIpc) is 3.12. The van der Waals surface area contributed by atoms with Gasteiger partial charge in [0.25, 0.3) is 5.01 Å². The fourth-order valence-corrected chi connectivity index (χ4v) is 6.95. The van der Waals surface area contributed by atoms with Crippen LogP contribution in [0.15, 0.2) is 30.3 Å². The first kappa shape index (κ1) is 15.6. The van der Waals surface area contributed by atoms with E-state index in [4.69, 9.17) is 4.74 Å². The zero-order valence-electron chi connectivity index (χ0n) is 15.9. The lowest BCUT2D eigenvalue weighted by atomic mass is 9.86. The average molecular weight is 388 g/mol. The number of benzene rings is 2. The molecule has 1 aromatic heterocycles. The molecule has 1 unspecified atom stereocenters. The highest BCUT2D eigenvalue weighted by molar-refractivity contribution is 7.19. The summed E-state index contributed by atoms with van der Waals surface area (Å²) >= 11 is 1.92. The largest absolute Gasteiger partial charge is 0.484 e. The Hall–Kier alpha value is -2.33. The maximum atomic E-state index is 6.76. The van der Waals surface area contributed by atoms with Crippen molar-refractivity contribution in [2.24, 2.45) is 0 Å². The Balaban J connectivity index is 1.45. The van der Waals surface area contributed by atoms with Crippen LogP contribution in [0.2, 0.25) is 0 Å². The zero-order valence-corrected chi connectivity index (χ0v) is 16.7. The predicted octanol–water partition coefficient (Wildman–Crippen LogP) is 4.59. The molecular weight excluding hydrogens is 364 g/mol. The molecule has 1 atom stereocenters. The van der Waals surface area contributed by atoms with E-state index >= 15 is 0 Å². The monoisotopic (exact) mass is 387 g/mol. The predicted molar refractivity (Wildman–Crippen MR) is 114 cm³/mol. The van der Waals surface area contributed by atoms with Crippen LogP contribution in [0.1, 0.15) is 41.0 Å². The van der Waals surface area contributed by atoms with E-state index in [9.17, 15) is 0 Å². The maximum Gasteiger partial charge on any atom is 0.269 e. The minimum atomic E-state index is 0.203. The fraction of sp³-hybridized carbons (Fsp3) is 0.375. The highest BCUT2D eigenvalue weighted by Crippen LogP contribution is 2.47. The molecule has 2 aromatic carbocycles. The van der Waals surface area contributed by atoms with Crippen molar-refractivity contribution in [1.29, 1.82) is 0 Å². The lowest BCUT2D eigenvalue weighted by Gasteiger charge is -2.39. The molecule has 4 heteroatoms. The van der Waals surface area contributed by atoms with Crippen LogP contribution >= 0.6 is 11.3 Å². The quantitative estimate of drug-likeness (QED) is 0.525. The molecular formula is C24H23N2OS+. The van der Waals surface area contributed by atoms with Gasteiger partial charge in [-0.05, 0) is 49.5 Å². The number of anilines is 1. The molecule has 3 nitrogen and oxygen atoms in total. The maximum absolute atomic E-state index is 6.76. The van der Waals surface area contributed by atoms with Crippen molar-refractivity contribution in [3.05, 3.63) is 52.0 Å². The van der Waals surface area contributed by atoms with Crippen molar-refractivity contribution >= 4 is 38.9 Å². The fourth-order valence-electron chi connectivity index (χ4n) is 5.70. The van der Waals surface area contributed by atoms with Gasteiger partial charge in [-0.3, -0.25) is 0 Å². The van der Waals surface area contributed by atoms with Gasteiger partial charge in [0, 0.05) is 42.4 Å². The summed E-state index contributed by atoms with van der Waals surface area (Å²) in [5, 5.41) is 1.39. The van der Waals surface area contributed by atoms with E-state index < -0.39 is 0 Å². The summed E-state index contributed by atoms with van der Waals surface area (Å²) in [6.45, 7) is 3.47. The second kappa shape index (κ2) is 5.60. The minimum Gasteiger partial charge on any atom is -0.484 e. The smallest absolute Gasteiger partial charge is 0.269 e. The third kappa shape index (κ3) is 2.02. The Morgan fingerprint density at radius 2 is 2.00 bits per heavy atom. The number of para-hydroxylation sites is 1. The van der Waals surface area contributed by atoms with Crippen molar-refractivity contribution in [2.45, 2.75) is 44.8 Å². The molecule has 0 saturated carbocycles. The number of thiazole rings is 1. The first-order valence-corrected chi connectivity index (χ1v) is 11.4. The topological polar surface area (TPSA) is 16.4 Å². The number of hydrogen-bond donors (Lipinski definition) is 0. The summed E-state index contributed by atoms with van der Waals surface area (Å²) in [5.74, 6) is 1.19. The third-order valence-electron chi connectivity index (χ3n) is 6.89. The first-order chi connectivity index (χ1) is 13.9. The highest BCUT2D eigenvalue weighted by Gasteiger charge is 2.39. The van der Waals surface area contributed by atoms with Crippen LogP contribution in [0.4, 0.5) is 5.69 Å². The van der Waals surface area contributed by atoms with Gasteiger partial charge in [-0.15, -0.1) is 0 Å². The molecule has 28 heavy (non-hydrogen) atoms. The molecule has 0 aliphatic carbocycles. The standard InChI is InChI=1S/C24H23N2OS/c1-2-8-21-19(7-1)26-12-9-20-18(24(26)28-21)14-16-13-15-5-3-10-25-11-4-6-17(22(15)25)23(16)27-20/h1-2,7-8,13-14,20H,3-6,9-12H2/q+1. The SMILES string of the molecule is C1=C2c3sc4ccccc4[n+]3CCC2Oc2c1cc1c3c2CCCN3CCC1. The van der Waals surface area contributed by atoms with Gasteiger partial charge in [-0.25, -0.2) is 0 Å². The molecule has 0 N–H and O–H groups in total. The Morgan fingerprint density at radius 3 is 2.96 bits per heavy atom. The van der Waals surface area contributed by atoms with E-state index in [0.29, 0.717) is 0 Å². The number of rotatable bonds is 0. The third-order valence-corrected chi connectivity index (χ3v) is 8.10. The molecule has 0 amide bonds. The van der Waals surface area contributed by atoms with E-state index in [1.165, 1.54) is 82.1 Å². The number of ether oxygens (including phenoxy) is 1. The van der Waals surface area contributed by atoms with Gasteiger partial charge >= 0.3 is 0 Å². The van der Waals surface area contributed by atoms with Gasteiger partial charge in [0.2, 0.25) is 5.52 Å². The van der Waals surface area contributed by atoms with Crippen molar-refractivity contribution in [1.82, 2.24) is 0 Å². The summed E-state index contributed by atoms with van der Waals surface area (Å²) in [7, 11) is 0. The second-order valence-corrected chi connectivity index (χ2v) is 9.53. The van der Waals surface area contributed by atoms with E-state index in [1.807, 2.05) is 11.3 Å². The van der Waals surface area contributed by atoms with E-state index in [1.54, 1.807) is 5.56 Å². The lowest BCUT2D eigenvalue weighted by molar-refractivity contribution is -0.673. The molecule has 5 heterocycles. The van der Waals surface area contributed by atoms with Gasteiger partial charge < -0.3 is 9.64 Å². The molecule has 0 saturated heterocycles. The molecule has 4 aliphatic rings. The first-order valence-electron chi connectivity index (χ1n) is 10.6. The summed E-state index contributed by atoms with van der Waals surface area (Å²) in [4.78, 5) is 2.61. The molecule has 7 rings (SSSR count).